The Bertz CT molecular complexity index is 2380. The first-order chi connectivity index (χ1) is 26.2. The van der Waals surface area contributed by atoms with Crippen molar-refractivity contribution in [3.05, 3.63) is 94.7 Å². The van der Waals surface area contributed by atoms with Crippen molar-refractivity contribution < 1.29 is 101 Å². The molecule has 1 fully saturated rings. The number of benzene rings is 2. The van der Waals surface area contributed by atoms with E-state index in [-0.39, 0.29) is 80.4 Å². The Balaban J connectivity index is 0.00000620. The number of fused-ring (bicyclic) bond motifs is 2. The molecule has 2 aromatic rings. The van der Waals surface area contributed by atoms with Crippen LogP contribution in [0.25, 0.3) is 0 Å². The quantitative estimate of drug-likeness (QED) is 0.109. The molecule has 0 spiro atoms. The molecule has 4 aliphatic rings. The minimum atomic E-state index is -4.68. The van der Waals surface area contributed by atoms with Gasteiger partial charge < -0.3 is 14.3 Å². The van der Waals surface area contributed by atoms with E-state index in [1.165, 1.54) is 24.3 Å². The molecule has 1 aliphatic carbocycles. The number of imide groups is 1. The van der Waals surface area contributed by atoms with Crippen LogP contribution in [0.2, 0.25) is 0 Å². The van der Waals surface area contributed by atoms with Gasteiger partial charge in [0, 0.05) is 60.3 Å². The van der Waals surface area contributed by atoms with Crippen molar-refractivity contribution in [2.24, 2.45) is 0 Å². The Labute approximate surface area is 377 Å². The maximum Gasteiger partial charge on any atom is 1.00 e. The van der Waals surface area contributed by atoms with E-state index in [1.807, 2.05) is 39.3 Å². The SMILES string of the molecule is C[N+]1=C(C=CC2=CC(=CC=C3N(CCCCCC(=O)ON4C(=O)CCC4=O)c4ccc(S(=O)(=O)[O-])cc4C3(C)C)CCC2)C(C)(C)c2cc(S(=O)(=O)O)ccc21.[K+]. The molecular formula is C41H47KN3O10S2+. The largest absolute Gasteiger partial charge is 1.00 e. The van der Waals surface area contributed by atoms with Crippen molar-refractivity contribution >= 4 is 55.1 Å². The van der Waals surface area contributed by atoms with E-state index in [0.29, 0.717) is 30.9 Å². The molecule has 0 radical (unpaired) electrons. The molecule has 3 heterocycles. The van der Waals surface area contributed by atoms with Crippen molar-refractivity contribution in [1.29, 1.82) is 0 Å². The van der Waals surface area contributed by atoms with Crippen LogP contribution >= 0.6 is 0 Å². The van der Waals surface area contributed by atoms with Gasteiger partial charge in [0.2, 0.25) is 5.69 Å². The van der Waals surface area contributed by atoms with Crippen molar-refractivity contribution in [2.75, 3.05) is 18.5 Å². The third-order valence-corrected chi connectivity index (χ3v) is 12.8. The maximum absolute atomic E-state index is 12.3. The van der Waals surface area contributed by atoms with Gasteiger partial charge in [0.15, 0.2) is 5.71 Å². The smallest absolute Gasteiger partial charge is 0.744 e. The zero-order valence-electron chi connectivity index (χ0n) is 33.2. The number of carbonyl (C=O) groups excluding carboxylic acids is 3. The average Bonchev–Trinajstić information content (AvgIpc) is 3.63. The standard InChI is InChI=1S/C41H47N3O10S2.K/c1-40(2)31-25-29(55(48,49)50)15-17-33(31)42(5)35(40)19-13-27-10-9-11-28(24-27)14-20-36-41(3,4)32-26-30(56(51,52)53)16-18-34(32)43(36)23-8-6-7-12-39(47)54-44-37(45)21-22-38(44)46;/h13-20,24-26H,6-12,21-23H2,1-5H3,(H-,48,49,50,51,52,53);/q;+1. The number of unbranched alkanes of at least 4 members (excludes halogenated alkanes) is 2. The van der Waals surface area contributed by atoms with E-state index in [1.54, 1.807) is 12.1 Å². The van der Waals surface area contributed by atoms with Crippen LogP contribution in [-0.4, -0.2) is 72.7 Å². The number of allylic oxidation sites excluding steroid dienone is 8. The summed E-state index contributed by atoms with van der Waals surface area (Å²) in [5.74, 6) is -1.69. The monoisotopic (exact) mass is 844 g/mol. The normalized spacial score (nSPS) is 20.4. The molecule has 2 aromatic carbocycles. The van der Waals surface area contributed by atoms with E-state index in [4.69, 9.17) is 4.84 Å². The predicted octanol–water partition coefficient (Wildman–Crippen LogP) is 3.29. The number of hydrogen-bond acceptors (Lipinski definition) is 10. The van der Waals surface area contributed by atoms with Crippen molar-refractivity contribution in [3.63, 3.8) is 0 Å². The van der Waals surface area contributed by atoms with Crippen molar-refractivity contribution in [3.8, 4) is 0 Å². The number of rotatable bonds is 12. The summed E-state index contributed by atoms with van der Waals surface area (Å²) in [5.41, 5.74) is 6.16. The fraction of sp³-hybridized carbons (Fsp3) is 0.415. The minimum Gasteiger partial charge on any atom is -0.744 e. The van der Waals surface area contributed by atoms with E-state index < -0.39 is 48.8 Å². The average molecular weight is 845 g/mol. The van der Waals surface area contributed by atoms with Crippen LogP contribution in [0.3, 0.4) is 0 Å². The maximum atomic E-state index is 12.3. The van der Waals surface area contributed by atoms with Crippen LogP contribution in [0.1, 0.15) is 96.6 Å². The second-order valence-corrected chi connectivity index (χ2v) is 18.5. The predicted molar refractivity (Wildman–Crippen MR) is 208 cm³/mol. The van der Waals surface area contributed by atoms with Crippen LogP contribution in [0, 0.1) is 0 Å². The summed E-state index contributed by atoms with van der Waals surface area (Å²) < 4.78 is 71.4. The Hall–Kier alpha value is -3.06. The summed E-state index contributed by atoms with van der Waals surface area (Å²) in [5, 5.41) is 0.549. The number of anilines is 1. The third-order valence-electron chi connectivity index (χ3n) is 11.1. The van der Waals surface area contributed by atoms with Crippen LogP contribution in [0.4, 0.5) is 11.4 Å². The number of nitrogens with zero attached hydrogens (tertiary/aromatic N) is 3. The number of amides is 2. The van der Waals surface area contributed by atoms with Crippen LogP contribution in [0.5, 0.6) is 0 Å². The fourth-order valence-corrected chi connectivity index (χ4v) is 9.07. The van der Waals surface area contributed by atoms with Gasteiger partial charge in [-0.3, -0.25) is 14.1 Å². The second-order valence-electron chi connectivity index (χ2n) is 15.7. The van der Waals surface area contributed by atoms with Gasteiger partial charge >= 0.3 is 57.4 Å². The van der Waals surface area contributed by atoms with Crippen LogP contribution in [-0.2, 0) is 50.3 Å². The first-order valence-corrected chi connectivity index (χ1v) is 21.5. The molecule has 2 amide bonds. The van der Waals surface area contributed by atoms with E-state index in [9.17, 15) is 40.3 Å². The van der Waals surface area contributed by atoms with Gasteiger partial charge in [-0.25, -0.2) is 13.2 Å². The Kier molecular flexibility index (Phi) is 13.6. The molecule has 0 atom stereocenters. The molecule has 16 heteroatoms. The Morgan fingerprint density at radius 3 is 2.21 bits per heavy atom. The van der Waals surface area contributed by atoms with Crippen LogP contribution in [0.15, 0.2) is 93.4 Å². The van der Waals surface area contributed by atoms with Gasteiger partial charge in [-0.05, 0) is 99.1 Å². The van der Waals surface area contributed by atoms with Crippen molar-refractivity contribution in [1.82, 2.24) is 5.06 Å². The molecule has 1 saturated heterocycles. The molecule has 0 bridgehead atoms. The van der Waals surface area contributed by atoms with Gasteiger partial charge in [0.05, 0.1) is 15.2 Å². The molecule has 3 aliphatic heterocycles. The Morgan fingerprint density at radius 1 is 0.877 bits per heavy atom. The minimum absolute atomic E-state index is 0. The summed E-state index contributed by atoms with van der Waals surface area (Å²) in [6, 6.07) is 9.11. The molecule has 0 unspecified atom stereocenters. The molecule has 1 N–H and O–H groups in total. The molecule has 0 saturated carbocycles. The summed E-state index contributed by atoms with van der Waals surface area (Å²) in [7, 11) is -7.09. The van der Waals surface area contributed by atoms with E-state index >= 15 is 0 Å². The van der Waals surface area contributed by atoms with Gasteiger partial charge in [-0.1, -0.05) is 38.5 Å². The fourth-order valence-electron chi connectivity index (χ4n) is 8.06. The van der Waals surface area contributed by atoms with Gasteiger partial charge in [0.25, 0.3) is 21.9 Å². The van der Waals surface area contributed by atoms with Gasteiger partial charge in [0.1, 0.15) is 17.2 Å². The van der Waals surface area contributed by atoms with Crippen LogP contribution < -0.4 is 56.3 Å². The molecule has 6 rings (SSSR count). The summed E-state index contributed by atoms with van der Waals surface area (Å²) in [4.78, 5) is 42.6. The molecular weight excluding hydrogens is 798 g/mol. The topological polar surface area (TPSA) is 181 Å². The van der Waals surface area contributed by atoms with Gasteiger partial charge in [-0.2, -0.15) is 13.0 Å². The summed E-state index contributed by atoms with van der Waals surface area (Å²) >= 11 is 0. The van der Waals surface area contributed by atoms with E-state index in [0.717, 1.165) is 64.3 Å². The second kappa shape index (κ2) is 17.3. The zero-order valence-corrected chi connectivity index (χ0v) is 38.0. The zero-order chi connectivity index (χ0) is 40.8. The molecule has 298 valence electrons. The van der Waals surface area contributed by atoms with E-state index in [2.05, 4.69) is 35.3 Å². The molecule has 13 nitrogen and oxygen atoms in total. The summed E-state index contributed by atoms with van der Waals surface area (Å²) in [6.45, 7) is 8.58. The Morgan fingerprint density at radius 2 is 1.54 bits per heavy atom. The molecule has 0 aromatic heterocycles. The number of hydroxylamine groups is 2. The molecule has 57 heavy (non-hydrogen) atoms. The van der Waals surface area contributed by atoms with Crippen molar-refractivity contribution in [2.45, 2.75) is 106 Å². The van der Waals surface area contributed by atoms with Gasteiger partial charge in [-0.15, -0.1) is 5.06 Å². The first kappa shape index (κ1) is 45.0. The number of carbonyl (C=O) groups is 3. The number of hydrogen-bond donors (Lipinski definition) is 1. The third kappa shape index (κ3) is 9.55. The first-order valence-electron chi connectivity index (χ1n) is 18.7. The summed E-state index contributed by atoms with van der Waals surface area (Å²) in [6.07, 6.45) is 15.0.